The van der Waals surface area contributed by atoms with Crippen LogP contribution in [-0.2, 0) is 0 Å². The maximum atomic E-state index is 6.74. The molecule has 252 valence electrons. The van der Waals surface area contributed by atoms with Crippen LogP contribution < -0.4 is 0 Å². The lowest BCUT2D eigenvalue weighted by Gasteiger charge is -2.44. The Morgan fingerprint density at radius 2 is 0.926 bits per heavy atom. The molecule has 2 atom stereocenters. The summed E-state index contributed by atoms with van der Waals surface area (Å²) < 4.78 is 13.3. The van der Waals surface area contributed by atoms with Crippen molar-refractivity contribution >= 4 is 76.0 Å². The molecule has 2 heterocycles. The summed E-state index contributed by atoms with van der Waals surface area (Å²) in [6.45, 7) is 0. The molecule has 0 radical (unpaired) electrons. The van der Waals surface area contributed by atoms with Gasteiger partial charge in [0.2, 0.25) is 0 Å². The fraction of sp³-hybridized carbons (Fsp3) is 0.0769. The highest BCUT2D eigenvalue weighted by atomic mass is 16.3. The number of fused-ring (bicyclic) bond motifs is 13. The van der Waals surface area contributed by atoms with Crippen molar-refractivity contribution < 1.29 is 8.83 Å². The van der Waals surface area contributed by atoms with Crippen LogP contribution in [0.25, 0.3) is 109 Å². The fourth-order valence-electron chi connectivity index (χ4n) is 10.3. The Kier molecular flexibility index (Phi) is 5.61. The quantitative estimate of drug-likeness (QED) is 0.173. The zero-order chi connectivity index (χ0) is 35.1. The average molecular weight is 689 g/mol. The normalized spacial score (nSPS) is 16.4. The van der Waals surface area contributed by atoms with Gasteiger partial charge >= 0.3 is 0 Å². The third kappa shape index (κ3) is 3.70. The van der Waals surface area contributed by atoms with Crippen molar-refractivity contribution in [2.45, 2.75) is 24.7 Å². The molecule has 2 nitrogen and oxygen atoms in total. The van der Waals surface area contributed by atoms with Gasteiger partial charge in [-0.25, -0.2) is 0 Å². The monoisotopic (exact) mass is 688 g/mol. The van der Waals surface area contributed by atoms with E-state index in [9.17, 15) is 0 Å². The average Bonchev–Trinajstić information content (AvgIpc) is 3.73. The third-order valence-corrected chi connectivity index (χ3v) is 12.8. The minimum absolute atomic E-state index is 0.587. The van der Waals surface area contributed by atoms with Gasteiger partial charge in [0.15, 0.2) is 0 Å². The molecule has 2 aliphatic carbocycles. The summed E-state index contributed by atoms with van der Waals surface area (Å²) in [6, 6.07) is 57.8. The van der Waals surface area contributed by atoms with E-state index in [1.54, 1.807) is 0 Å². The standard InChI is InChI=1S/C52H32O2/c1-2-12-29(13-3-1)46-34-19-10-21-36(47-32-16-6-4-14-30(32)26-44-49(47)40-18-8-9-23-43(40)53-44)41(34)28-42-35(46)20-11-22-37(42)48-33-17-7-5-15-31(33)27-45-51(48)50-38-24-25-39(38)52(50)54-45/h1-23,26-28,38-39H,24-25H2. The zero-order valence-corrected chi connectivity index (χ0v) is 29.4. The Labute approximate surface area is 310 Å². The van der Waals surface area contributed by atoms with Gasteiger partial charge in [-0.2, -0.15) is 0 Å². The van der Waals surface area contributed by atoms with E-state index in [1.165, 1.54) is 106 Å². The van der Waals surface area contributed by atoms with Crippen LogP contribution in [0, 0.1) is 0 Å². The van der Waals surface area contributed by atoms with Crippen LogP contribution in [0.2, 0.25) is 0 Å². The lowest BCUT2D eigenvalue weighted by molar-refractivity contribution is 0.246. The predicted molar refractivity (Wildman–Crippen MR) is 225 cm³/mol. The Hall–Kier alpha value is -6.64. The van der Waals surface area contributed by atoms with Crippen LogP contribution >= 0.6 is 0 Å². The lowest BCUT2D eigenvalue weighted by atomic mass is 9.58. The van der Waals surface area contributed by atoms with Crippen molar-refractivity contribution in [2.24, 2.45) is 0 Å². The molecule has 0 spiro atoms. The van der Waals surface area contributed by atoms with Gasteiger partial charge in [-0.1, -0.05) is 133 Å². The van der Waals surface area contributed by atoms with Gasteiger partial charge in [-0.05, 0) is 108 Å². The van der Waals surface area contributed by atoms with E-state index in [1.807, 2.05) is 0 Å². The first-order valence-electron chi connectivity index (χ1n) is 19.2. The second-order valence-corrected chi connectivity index (χ2v) is 15.4. The molecule has 2 aliphatic rings. The molecule has 13 rings (SSSR count). The van der Waals surface area contributed by atoms with Gasteiger partial charge in [-0.15, -0.1) is 0 Å². The smallest absolute Gasteiger partial charge is 0.136 e. The van der Waals surface area contributed by atoms with Crippen molar-refractivity contribution in [3.05, 3.63) is 169 Å². The van der Waals surface area contributed by atoms with Gasteiger partial charge in [-0.3, -0.25) is 0 Å². The largest absolute Gasteiger partial charge is 0.460 e. The summed E-state index contributed by atoms with van der Waals surface area (Å²) in [5.41, 5.74) is 11.8. The second-order valence-electron chi connectivity index (χ2n) is 15.4. The van der Waals surface area contributed by atoms with E-state index in [-0.39, 0.29) is 0 Å². The first kappa shape index (κ1) is 28.9. The van der Waals surface area contributed by atoms with E-state index < -0.39 is 0 Å². The molecular formula is C52H32O2. The molecular weight excluding hydrogens is 657 g/mol. The first-order valence-corrected chi connectivity index (χ1v) is 19.2. The Morgan fingerprint density at radius 3 is 1.59 bits per heavy atom. The second kappa shape index (κ2) is 10.5. The minimum atomic E-state index is 0.587. The van der Waals surface area contributed by atoms with Crippen LogP contribution in [0.4, 0.5) is 0 Å². The Bertz CT molecular complexity index is 3400. The summed E-state index contributed by atoms with van der Waals surface area (Å²) in [4.78, 5) is 0. The Balaban J connectivity index is 1.22. The van der Waals surface area contributed by atoms with Crippen molar-refractivity contribution in [3.8, 4) is 33.4 Å². The number of hydrogen-bond acceptors (Lipinski definition) is 2. The van der Waals surface area contributed by atoms with Gasteiger partial charge < -0.3 is 8.83 Å². The van der Waals surface area contributed by atoms with Gasteiger partial charge in [0.1, 0.15) is 22.5 Å². The summed E-state index contributed by atoms with van der Waals surface area (Å²) in [5.74, 6) is 2.42. The highest BCUT2D eigenvalue weighted by molar-refractivity contribution is 6.27. The predicted octanol–water partition coefficient (Wildman–Crippen LogP) is 14.9. The number of benzene rings is 9. The van der Waals surface area contributed by atoms with E-state index in [4.69, 9.17) is 8.83 Å². The molecule has 0 bridgehead atoms. The van der Waals surface area contributed by atoms with Crippen molar-refractivity contribution in [3.63, 3.8) is 0 Å². The molecule has 0 aliphatic heterocycles. The summed E-state index contributed by atoms with van der Waals surface area (Å²) in [6.07, 6.45) is 2.49. The van der Waals surface area contributed by atoms with Crippen molar-refractivity contribution in [2.75, 3.05) is 0 Å². The van der Waals surface area contributed by atoms with Crippen LogP contribution in [0.5, 0.6) is 0 Å². The van der Waals surface area contributed by atoms with Crippen LogP contribution in [0.3, 0.4) is 0 Å². The van der Waals surface area contributed by atoms with E-state index in [0.717, 1.165) is 27.5 Å². The lowest BCUT2D eigenvalue weighted by Crippen LogP contribution is -2.31. The molecule has 2 aromatic heterocycles. The van der Waals surface area contributed by atoms with Gasteiger partial charge in [0.05, 0.1) is 0 Å². The van der Waals surface area contributed by atoms with Crippen LogP contribution in [0.1, 0.15) is 36.0 Å². The molecule has 54 heavy (non-hydrogen) atoms. The van der Waals surface area contributed by atoms with Crippen LogP contribution in [0.15, 0.2) is 167 Å². The Morgan fingerprint density at radius 1 is 0.370 bits per heavy atom. The number of para-hydroxylation sites is 1. The summed E-state index contributed by atoms with van der Waals surface area (Å²) >= 11 is 0. The number of hydrogen-bond donors (Lipinski definition) is 0. The maximum absolute atomic E-state index is 6.74. The molecule has 11 aromatic rings. The third-order valence-electron chi connectivity index (χ3n) is 12.8. The van der Waals surface area contributed by atoms with E-state index in [0.29, 0.717) is 11.8 Å². The SMILES string of the molecule is c1ccc(-c2c3cccc(-c4c5ccccc5cc5oc6c(c45)C4CCC64)c3cc3c(-c4c5ccccc5cc5oc6ccccc6c45)cccc23)cc1. The molecule has 2 unspecified atom stereocenters. The molecule has 9 aromatic carbocycles. The van der Waals surface area contributed by atoms with E-state index in [2.05, 4.69) is 158 Å². The number of furan rings is 2. The topological polar surface area (TPSA) is 26.3 Å². The molecule has 0 amide bonds. The molecule has 2 heteroatoms. The molecule has 0 saturated heterocycles. The fourth-order valence-corrected chi connectivity index (χ4v) is 10.3. The van der Waals surface area contributed by atoms with E-state index >= 15 is 0 Å². The highest BCUT2D eigenvalue weighted by Crippen LogP contribution is 2.64. The summed E-state index contributed by atoms with van der Waals surface area (Å²) in [7, 11) is 0. The van der Waals surface area contributed by atoms with Crippen molar-refractivity contribution in [1.82, 2.24) is 0 Å². The van der Waals surface area contributed by atoms with Gasteiger partial charge in [0, 0.05) is 38.8 Å². The summed E-state index contributed by atoms with van der Waals surface area (Å²) in [5, 5.41) is 13.5. The highest BCUT2D eigenvalue weighted by Gasteiger charge is 2.49. The van der Waals surface area contributed by atoms with Crippen LogP contribution in [-0.4, -0.2) is 0 Å². The van der Waals surface area contributed by atoms with Gasteiger partial charge in [0.25, 0.3) is 0 Å². The molecule has 0 N–H and O–H groups in total. The minimum Gasteiger partial charge on any atom is -0.460 e. The van der Waals surface area contributed by atoms with Crippen molar-refractivity contribution in [1.29, 1.82) is 0 Å². The number of rotatable bonds is 3. The first-order chi connectivity index (χ1) is 26.8. The maximum Gasteiger partial charge on any atom is 0.136 e. The zero-order valence-electron chi connectivity index (χ0n) is 29.4. The molecule has 1 fully saturated rings. The molecule has 1 saturated carbocycles.